The molecule has 0 saturated carbocycles. The molecule has 0 amide bonds. The molecule has 0 unspecified atom stereocenters. The van der Waals surface area contributed by atoms with Crippen LogP contribution in [0.15, 0.2) is 40.9 Å². The number of aromatic amines is 1. The summed E-state index contributed by atoms with van der Waals surface area (Å²) in [4.78, 5) is 12.2. The first-order valence-electron chi connectivity index (χ1n) is 7.59. The summed E-state index contributed by atoms with van der Waals surface area (Å²) in [5, 5.41) is 0.993. The number of hydrogen-bond acceptors (Lipinski definition) is 4. The fraction of sp³-hybridized carbons (Fsp3) is 0.222. The number of pyridine rings is 1. The second-order valence-corrected chi connectivity index (χ2v) is 5.82. The Balaban J connectivity index is 1.99. The molecule has 0 spiro atoms. The van der Waals surface area contributed by atoms with Gasteiger partial charge in [0.15, 0.2) is 17.0 Å². The van der Waals surface area contributed by atoms with Gasteiger partial charge in [0, 0.05) is 23.1 Å². The van der Waals surface area contributed by atoms with E-state index < -0.39 is 0 Å². The predicted molar refractivity (Wildman–Crippen MR) is 89.7 cm³/mol. The number of imidazole rings is 1. The van der Waals surface area contributed by atoms with E-state index >= 15 is 0 Å². The van der Waals surface area contributed by atoms with Crippen LogP contribution in [0.3, 0.4) is 0 Å². The average molecular weight is 307 g/mol. The fourth-order valence-corrected chi connectivity index (χ4v) is 2.74. The van der Waals surface area contributed by atoms with E-state index in [1.807, 2.05) is 24.3 Å². The van der Waals surface area contributed by atoms with Crippen molar-refractivity contribution in [2.75, 3.05) is 7.11 Å². The number of fused-ring (bicyclic) bond motifs is 2. The van der Waals surface area contributed by atoms with Crippen molar-refractivity contribution in [3.63, 3.8) is 0 Å². The zero-order valence-electron chi connectivity index (χ0n) is 13.3. The Labute approximate surface area is 133 Å². The van der Waals surface area contributed by atoms with Gasteiger partial charge in [-0.25, -0.2) is 9.97 Å². The lowest BCUT2D eigenvalue weighted by Gasteiger charge is -2.03. The summed E-state index contributed by atoms with van der Waals surface area (Å²) in [5.41, 5.74) is 3.36. The molecule has 0 aliphatic heterocycles. The molecule has 1 aromatic carbocycles. The summed E-state index contributed by atoms with van der Waals surface area (Å²) in [6, 6.07) is 9.83. The van der Waals surface area contributed by atoms with Crippen molar-refractivity contribution in [1.82, 2.24) is 15.0 Å². The number of ether oxygens (including phenoxy) is 1. The maximum absolute atomic E-state index is 6.01. The van der Waals surface area contributed by atoms with E-state index in [4.69, 9.17) is 9.15 Å². The number of furan rings is 1. The highest BCUT2D eigenvalue weighted by atomic mass is 16.5. The van der Waals surface area contributed by atoms with Crippen LogP contribution >= 0.6 is 0 Å². The Hall–Kier alpha value is -2.82. The largest absolute Gasteiger partial charge is 0.493 e. The van der Waals surface area contributed by atoms with Crippen molar-refractivity contribution >= 4 is 22.1 Å². The van der Waals surface area contributed by atoms with Crippen molar-refractivity contribution < 1.29 is 9.15 Å². The van der Waals surface area contributed by atoms with Crippen LogP contribution in [0.25, 0.3) is 33.5 Å². The van der Waals surface area contributed by atoms with Crippen LogP contribution in [0, 0.1) is 0 Å². The van der Waals surface area contributed by atoms with E-state index in [1.54, 1.807) is 13.3 Å². The Kier molecular flexibility index (Phi) is 3.08. The average Bonchev–Trinajstić information content (AvgIpc) is 3.18. The van der Waals surface area contributed by atoms with Crippen LogP contribution < -0.4 is 4.74 Å². The van der Waals surface area contributed by atoms with Gasteiger partial charge in [-0.2, -0.15) is 0 Å². The van der Waals surface area contributed by atoms with E-state index in [0.717, 1.165) is 39.4 Å². The number of hydrogen-bond donors (Lipinski definition) is 1. The smallest absolute Gasteiger partial charge is 0.178 e. The molecule has 4 rings (SSSR count). The van der Waals surface area contributed by atoms with Gasteiger partial charge >= 0.3 is 0 Å². The Morgan fingerprint density at radius 2 is 2.09 bits per heavy atom. The van der Waals surface area contributed by atoms with Gasteiger partial charge in [0.1, 0.15) is 11.6 Å². The fourth-order valence-electron chi connectivity index (χ4n) is 2.74. The third kappa shape index (κ3) is 2.16. The van der Waals surface area contributed by atoms with Gasteiger partial charge in [-0.1, -0.05) is 13.8 Å². The molecule has 0 bridgehead atoms. The van der Waals surface area contributed by atoms with Crippen LogP contribution in [-0.4, -0.2) is 22.1 Å². The molecule has 0 atom stereocenters. The molecular weight excluding hydrogens is 290 g/mol. The summed E-state index contributed by atoms with van der Waals surface area (Å²) >= 11 is 0. The number of nitrogens with one attached hydrogen (secondary N) is 1. The highest BCUT2D eigenvalue weighted by molar-refractivity contribution is 5.97. The third-order valence-electron chi connectivity index (χ3n) is 3.97. The molecule has 1 N–H and O–H groups in total. The second-order valence-electron chi connectivity index (χ2n) is 5.82. The van der Waals surface area contributed by atoms with E-state index in [-0.39, 0.29) is 0 Å². The van der Waals surface area contributed by atoms with Crippen LogP contribution in [0.5, 0.6) is 5.75 Å². The van der Waals surface area contributed by atoms with E-state index in [2.05, 4.69) is 34.9 Å². The van der Waals surface area contributed by atoms with Crippen molar-refractivity contribution in [2.24, 2.45) is 0 Å². The quantitative estimate of drug-likeness (QED) is 0.605. The Morgan fingerprint density at radius 3 is 2.83 bits per heavy atom. The molecule has 3 aromatic heterocycles. The van der Waals surface area contributed by atoms with Gasteiger partial charge in [0.25, 0.3) is 0 Å². The van der Waals surface area contributed by atoms with E-state index in [0.29, 0.717) is 11.6 Å². The first kappa shape index (κ1) is 13.8. The summed E-state index contributed by atoms with van der Waals surface area (Å²) in [5.74, 6) is 2.74. The normalized spacial score (nSPS) is 11.7. The second kappa shape index (κ2) is 5.12. The number of aromatic nitrogens is 3. The van der Waals surface area contributed by atoms with Crippen molar-refractivity contribution in [1.29, 1.82) is 0 Å². The predicted octanol–water partition coefficient (Wildman–Crippen LogP) is 4.50. The molecular formula is C18H17N3O2. The van der Waals surface area contributed by atoms with Crippen molar-refractivity contribution in [3.05, 3.63) is 42.3 Å². The zero-order valence-corrected chi connectivity index (χ0v) is 13.3. The monoisotopic (exact) mass is 307 g/mol. The minimum Gasteiger partial charge on any atom is -0.493 e. The first-order valence-corrected chi connectivity index (χ1v) is 7.59. The van der Waals surface area contributed by atoms with Gasteiger partial charge < -0.3 is 14.1 Å². The summed E-state index contributed by atoms with van der Waals surface area (Å²) in [6.07, 6.45) is 1.74. The molecule has 116 valence electrons. The van der Waals surface area contributed by atoms with Gasteiger partial charge in [0.2, 0.25) is 0 Å². The lowest BCUT2D eigenvalue weighted by molar-refractivity contribution is 0.406. The Bertz CT molecular complexity index is 965. The number of methoxy groups -OCH3 is 1. The first-order chi connectivity index (χ1) is 11.2. The molecule has 5 heteroatoms. The van der Waals surface area contributed by atoms with Crippen molar-refractivity contribution in [2.45, 2.75) is 19.8 Å². The minimum atomic E-state index is 0.303. The number of benzene rings is 1. The van der Waals surface area contributed by atoms with E-state index in [1.165, 1.54) is 0 Å². The molecule has 0 radical (unpaired) electrons. The minimum absolute atomic E-state index is 0.303. The van der Waals surface area contributed by atoms with Crippen LogP contribution in [0.4, 0.5) is 0 Å². The van der Waals surface area contributed by atoms with Crippen LogP contribution in [0.2, 0.25) is 0 Å². The van der Waals surface area contributed by atoms with Gasteiger partial charge in [-0.05, 0) is 30.3 Å². The lowest BCUT2D eigenvalue weighted by atomic mass is 10.1. The topological polar surface area (TPSA) is 63.9 Å². The van der Waals surface area contributed by atoms with Crippen LogP contribution in [-0.2, 0) is 0 Å². The highest BCUT2D eigenvalue weighted by Gasteiger charge is 2.17. The summed E-state index contributed by atoms with van der Waals surface area (Å²) in [6.45, 7) is 4.21. The SMILES string of the molecule is COc1ccc(-c2nc3ncccc3[nH]2)c2cc(C(C)C)oc12. The summed E-state index contributed by atoms with van der Waals surface area (Å²) < 4.78 is 11.4. The molecule has 0 saturated heterocycles. The van der Waals surface area contributed by atoms with Gasteiger partial charge in [-0.15, -0.1) is 0 Å². The molecule has 23 heavy (non-hydrogen) atoms. The van der Waals surface area contributed by atoms with Crippen molar-refractivity contribution in [3.8, 4) is 17.1 Å². The zero-order chi connectivity index (χ0) is 16.0. The molecule has 3 heterocycles. The standard InChI is InChI=1S/C18H17N3O2/c1-10(2)15-9-12-11(6-7-14(22-3)16(12)23-15)17-20-13-5-4-8-19-18(13)21-17/h4-10H,1-3H3,(H,19,20,21). The lowest BCUT2D eigenvalue weighted by Crippen LogP contribution is -1.86. The summed E-state index contributed by atoms with van der Waals surface area (Å²) in [7, 11) is 1.65. The highest BCUT2D eigenvalue weighted by Crippen LogP contribution is 2.37. The molecule has 0 fully saturated rings. The number of nitrogens with zero attached hydrogens (tertiary/aromatic N) is 2. The Morgan fingerprint density at radius 1 is 1.22 bits per heavy atom. The number of H-pyrrole nitrogens is 1. The molecule has 5 nitrogen and oxygen atoms in total. The molecule has 0 aliphatic carbocycles. The maximum Gasteiger partial charge on any atom is 0.178 e. The van der Waals surface area contributed by atoms with Crippen LogP contribution in [0.1, 0.15) is 25.5 Å². The maximum atomic E-state index is 6.01. The molecule has 0 aliphatic rings. The van der Waals surface area contributed by atoms with Gasteiger partial charge in [0.05, 0.1) is 12.6 Å². The van der Waals surface area contributed by atoms with E-state index in [9.17, 15) is 0 Å². The number of rotatable bonds is 3. The molecule has 4 aromatic rings. The van der Waals surface area contributed by atoms with Gasteiger partial charge in [-0.3, -0.25) is 0 Å². The third-order valence-corrected chi connectivity index (χ3v) is 3.97.